The van der Waals surface area contributed by atoms with Crippen LogP contribution in [0, 0.1) is 6.92 Å². The maximum Gasteiger partial charge on any atom is 0.264 e. The first-order valence-electron chi connectivity index (χ1n) is 13.1. The smallest absolute Gasteiger partial charge is 0.264 e. The van der Waals surface area contributed by atoms with Crippen molar-refractivity contribution in [3.63, 3.8) is 0 Å². The topological polar surface area (TPSA) is 86.8 Å². The fraction of sp³-hybridized carbons (Fsp3) is 0.333. The summed E-state index contributed by atoms with van der Waals surface area (Å²) in [7, 11) is -4.07. The van der Waals surface area contributed by atoms with Gasteiger partial charge in [0, 0.05) is 17.6 Å². The van der Waals surface area contributed by atoms with Gasteiger partial charge in [-0.3, -0.25) is 13.9 Å². The average molecular weight is 568 g/mol. The molecule has 1 N–H and O–H groups in total. The van der Waals surface area contributed by atoms with E-state index in [1.807, 2.05) is 6.92 Å². The van der Waals surface area contributed by atoms with E-state index in [4.69, 9.17) is 11.6 Å². The van der Waals surface area contributed by atoms with E-state index in [9.17, 15) is 18.0 Å². The van der Waals surface area contributed by atoms with Crippen LogP contribution in [0.2, 0.25) is 5.02 Å². The van der Waals surface area contributed by atoms with Gasteiger partial charge in [-0.25, -0.2) is 8.42 Å². The summed E-state index contributed by atoms with van der Waals surface area (Å²) in [5, 5.41) is 3.63. The lowest BCUT2D eigenvalue weighted by Crippen LogP contribution is -2.52. The molecule has 2 amide bonds. The molecule has 3 aromatic rings. The second-order valence-electron chi connectivity index (χ2n) is 9.97. The number of nitrogens with one attached hydrogen (secondary N) is 1. The van der Waals surface area contributed by atoms with E-state index in [1.165, 1.54) is 17.0 Å². The van der Waals surface area contributed by atoms with E-state index in [0.717, 1.165) is 41.1 Å². The number of aryl methyl sites for hydroxylation is 1. The molecule has 0 aliphatic heterocycles. The third-order valence-electron chi connectivity index (χ3n) is 7.07. The first-order chi connectivity index (χ1) is 18.6. The van der Waals surface area contributed by atoms with Gasteiger partial charge >= 0.3 is 0 Å². The zero-order valence-corrected chi connectivity index (χ0v) is 23.8. The first kappa shape index (κ1) is 28.6. The Morgan fingerprint density at radius 3 is 2.18 bits per heavy atom. The summed E-state index contributed by atoms with van der Waals surface area (Å²) >= 11 is 6.06. The molecule has 1 aliphatic rings. The highest BCUT2D eigenvalue weighted by Gasteiger charge is 2.33. The number of amides is 2. The third-order valence-corrected chi connectivity index (χ3v) is 9.11. The summed E-state index contributed by atoms with van der Waals surface area (Å²) in [5.74, 6) is -0.740. The van der Waals surface area contributed by atoms with E-state index < -0.39 is 28.5 Å². The van der Waals surface area contributed by atoms with Gasteiger partial charge in [-0.15, -0.1) is 0 Å². The molecule has 0 saturated heterocycles. The Bertz CT molecular complexity index is 1370. The first-order valence-corrected chi connectivity index (χ1v) is 15.0. The minimum Gasteiger partial charge on any atom is -0.352 e. The molecular formula is C30H34ClN3O4S. The quantitative estimate of drug-likeness (QED) is 0.359. The van der Waals surface area contributed by atoms with Crippen molar-refractivity contribution in [1.82, 2.24) is 10.2 Å². The van der Waals surface area contributed by atoms with Crippen LogP contribution >= 0.6 is 11.6 Å². The summed E-state index contributed by atoms with van der Waals surface area (Å²) < 4.78 is 28.7. The minimum atomic E-state index is -4.07. The Kier molecular flexibility index (Phi) is 9.30. The van der Waals surface area contributed by atoms with Crippen LogP contribution < -0.4 is 9.62 Å². The molecule has 1 unspecified atom stereocenters. The van der Waals surface area contributed by atoms with Crippen molar-refractivity contribution in [1.29, 1.82) is 0 Å². The maximum absolute atomic E-state index is 13.9. The number of carbonyl (C=O) groups excluding carboxylic acids is 2. The van der Waals surface area contributed by atoms with Crippen LogP contribution in [0.1, 0.15) is 43.7 Å². The normalized spacial score (nSPS) is 14.5. The highest BCUT2D eigenvalue weighted by molar-refractivity contribution is 7.92. The molecule has 3 aromatic carbocycles. The van der Waals surface area contributed by atoms with Crippen LogP contribution in [0.5, 0.6) is 0 Å². The number of halogens is 1. The average Bonchev–Trinajstić information content (AvgIpc) is 3.44. The van der Waals surface area contributed by atoms with Crippen molar-refractivity contribution in [2.45, 2.75) is 63.1 Å². The maximum atomic E-state index is 13.9. The monoisotopic (exact) mass is 567 g/mol. The Labute approximate surface area is 235 Å². The molecule has 0 bridgehead atoms. The van der Waals surface area contributed by atoms with Crippen molar-refractivity contribution >= 4 is 39.1 Å². The number of carbonyl (C=O) groups is 2. The molecule has 7 nitrogen and oxygen atoms in total. The van der Waals surface area contributed by atoms with Gasteiger partial charge in [0.2, 0.25) is 11.8 Å². The summed E-state index contributed by atoms with van der Waals surface area (Å²) in [4.78, 5) is 28.7. The minimum absolute atomic E-state index is 0.0843. The number of sulfonamides is 1. The third kappa shape index (κ3) is 7.19. The van der Waals surface area contributed by atoms with Crippen LogP contribution in [0.15, 0.2) is 83.8 Å². The van der Waals surface area contributed by atoms with Crippen LogP contribution in [0.3, 0.4) is 0 Å². The van der Waals surface area contributed by atoms with Crippen molar-refractivity contribution in [2.24, 2.45) is 0 Å². The zero-order chi connectivity index (χ0) is 28.0. The van der Waals surface area contributed by atoms with Gasteiger partial charge in [-0.05, 0) is 68.7 Å². The van der Waals surface area contributed by atoms with Crippen molar-refractivity contribution in [2.75, 3.05) is 10.8 Å². The summed E-state index contributed by atoms with van der Waals surface area (Å²) in [6.07, 6.45) is 3.96. The second kappa shape index (κ2) is 12.7. The van der Waals surface area contributed by atoms with Gasteiger partial charge < -0.3 is 10.2 Å². The fourth-order valence-electron chi connectivity index (χ4n) is 4.72. The number of anilines is 1. The molecule has 9 heteroatoms. The van der Waals surface area contributed by atoms with E-state index in [0.29, 0.717) is 10.7 Å². The molecule has 0 heterocycles. The molecule has 1 fully saturated rings. The number of para-hydroxylation sites is 1. The number of hydrogen-bond donors (Lipinski definition) is 1. The molecule has 206 valence electrons. The lowest BCUT2D eigenvalue weighted by Gasteiger charge is -2.32. The number of benzene rings is 3. The van der Waals surface area contributed by atoms with Crippen molar-refractivity contribution < 1.29 is 18.0 Å². The van der Waals surface area contributed by atoms with Crippen molar-refractivity contribution in [3.05, 3.63) is 95.0 Å². The van der Waals surface area contributed by atoms with Gasteiger partial charge in [-0.1, -0.05) is 72.5 Å². The van der Waals surface area contributed by atoms with E-state index >= 15 is 0 Å². The lowest BCUT2D eigenvalue weighted by atomic mass is 10.1. The molecule has 0 radical (unpaired) electrons. The van der Waals surface area contributed by atoms with Crippen molar-refractivity contribution in [3.8, 4) is 0 Å². The standard InChI is InChI=1S/C30H34ClN3O4S/c1-22-12-18-28(19-13-22)39(37,38)34(27-10-4-3-5-11-27)21-29(35)33(20-24-14-16-25(31)17-15-24)23(2)30(36)32-26-8-6-7-9-26/h3-5,10-19,23,26H,6-9,20-21H2,1-2H3,(H,32,36). The highest BCUT2D eigenvalue weighted by Crippen LogP contribution is 2.25. The van der Waals surface area contributed by atoms with Crippen LogP contribution in [-0.4, -0.2) is 43.8 Å². The van der Waals surface area contributed by atoms with Gasteiger partial charge in [0.1, 0.15) is 12.6 Å². The predicted molar refractivity (Wildman–Crippen MR) is 154 cm³/mol. The van der Waals surface area contributed by atoms with Gasteiger partial charge in [0.25, 0.3) is 10.0 Å². The number of nitrogens with zero attached hydrogens (tertiary/aromatic N) is 2. The van der Waals surface area contributed by atoms with Crippen LogP contribution in [0.25, 0.3) is 0 Å². The van der Waals surface area contributed by atoms with Crippen LogP contribution in [-0.2, 0) is 26.2 Å². The molecular weight excluding hydrogens is 534 g/mol. The van der Waals surface area contributed by atoms with Gasteiger partial charge in [0.05, 0.1) is 10.6 Å². The molecule has 0 aromatic heterocycles. The summed E-state index contributed by atoms with van der Waals surface area (Å²) in [5.41, 5.74) is 2.06. The highest BCUT2D eigenvalue weighted by atomic mass is 35.5. The molecule has 1 saturated carbocycles. The van der Waals surface area contributed by atoms with Crippen LogP contribution in [0.4, 0.5) is 5.69 Å². The van der Waals surface area contributed by atoms with E-state index in [2.05, 4.69) is 5.32 Å². The molecule has 1 aliphatic carbocycles. The van der Waals surface area contributed by atoms with E-state index in [-0.39, 0.29) is 23.4 Å². The predicted octanol–water partition coefficient (Wildman–Crippen LogP) is 5.32. The largest absolute Gasteiger partial charge is 0.352 e. The Morgan fingerprint density at radius 1 is 0.949 bits per heavy atom. The molecule has 39 heavy (non-hydrogen) atoms. The zero-order valence-electron chi connectivity index (χ0n) is 22.2. The molecule has 0 spiro atoms. The Balaban J connectivity index is 1.66. The Morgan fingerprint density at radius 2 is 1.56 bits per heavy atom. The van der Waals surface area contributed by atoms with Gasteiger partial charge in [-0.2, -0.15) is 0 Å². The number of rotatable bonds is 10. The molecule has 4 rings (SSSR count). The summed E-state index contributed by atoms with van der Waals surface area (Å²) in [6, 6.07) is 21.4. The second-order valence-corrected chi connectivity index (χ2v) is 12.3. The molecule has 1 atom stereocenters. The van der Waals surface area contributed by atoms with Gasteiger partial charge in [0.15, 0.2) is 0 Å². The van der Waals surface area contributed by atoms with E-state index in [1.54, 1.807) is 73.7 Å². The summed E-state index contributed by atoms with van der Waals surface area (Å²) in [6.45, 7) is 3.22. The lowest BCUT2D eigenvalue weighted by molar-refractivity contribution is -0.139. The Hall–Kier alpha value is -3.36. The SMILES string of the molecule is Cc1ccc(S(=O)(=O)N(CC(=O)N(Cc2ccc(Cl)cc2)C(C)C(=O)NC2CCCC2)c2ccccc2)cc1. The fourth-order valence-corrected chi connectivity index (χ4v) is 6.26. The number of hydrogen-bond acceptors (Lipinski definition) is 4.